The number of carboxylic acids is 1. The van der Waals surface area contributed by atoms with E-state index in [2.05, 4.69) is 5.32 Å². The van der Waals surface area contributed by atoms with Crippen LogP contribution in [0, 0.1) is 5.92 Å². The fourth-order valence-corrected chi connectivity index (χ4v) is 3.29. The van der Waals surface area contributed by atoms with Gasteiger partial charge in [0.25, 0.3) is 0 Å². The molecule has 0 aromatic carbocycles. The number of fused-ring (bicyclic) bond motifs is 1. The van der Waals surface area contributed by atoms with Gasteiger partial charge in [-0.1, -0.05) is 12.8 Å². The van der Waals surface area contributed by atoms with Gasteiger partial charge in [0.05, 0.1) is 0 Å². The van der Waals surface area contributed by atoms with E-state index in [1.165, 1.54) is 0 Å². The van der Waals surface area contributed by atoms with Gasteiger partial charge in [0.1, 0.15) is 6.04 Å². The van der Waals surface area contributed by atoms with Crippen molar-refractivity contribution in [2.45, 2.75) is 64.1 Å². The van der Waals surface area contributed by atoms with Crippen molar-refractivity contribution >= 4 is 12.0 Å². The summed E-state index contributed by atoms with van der Waals surface area (Å²) < 4.78 is 0. The molecule has 3 unspecified atom stereocenters. The van der Waals surface area contributed by atoms with Gasteiger partial charge in [-0.3, -0.25) is 0 Å². The minimum Gasteiger partial charge on any atom is -0.480 e. The number of nitrogens with one attached hydrogen (secondary N) is 1. The van der Waals surface area contributed by atoms with Gasteiger partial charge in [-0.25, -0.2) is 9.59 Å². The third-order valence-electron chi connectivity index (χ3n) is 4.02. The van der Waals surface area contributed by atoms with Crippen LogP contribution in [-0.4, -0.2) is 40.1 Å². The summed E-state index contributed by atoms with van der Waals surface area (Å²) in [7, 11) is 0. The molecule has 1 saturated carbocycles. The molecule has 0 aromatic rings. The second-order valence-electron chi connectivity index (χ2n) is 5.71. The minimum absolute atomic E-state index is 0.0367. The Bertz CT molecular complexity index is 343. The quantitative estimate of drug-likeness (QED) is 0.789. The molecular weight excluding hydrogens is 232 g/mol. The molecule has 2 N–H and O–H groups in total. The zero-order valence-electron chi connectivity index (χ0n) is 11.1. The van der Waals surface area contributed by atoms with Crippen molar-refractivity contribution < 1.29 is 14.7 Å². The number of likely N-dealkylation sites (tertiary alicyclic amines) is 1. The number of carbonyl (C=O) groups is 2. The Morgan fingerprint density at radius 3 is 2.56 bits per heavy atom. The molecule has 2 amide bonds. The van der Waals surface area contributed by atoms with Gasteiger partial charge in [-0.2, -0.15) is 0 Å². The van der Waals surface area contributed by atoms with Crippen LogP contribution in [-0.2, 0) is 4.79 Å². The first kappa shape index (κ1) is 13.2. The maximum atomic E-state index is 12.2. The summed E-state index contributed by atoms with van der Waals surface area (Å²) in [4.78, 5) is 25.1. The molecule has 102 valence electrons. The second kappa shape index (κ2) is 5.16. The maximum Gasteiger partial charge on any atom is 0.326 e. The van der Waals surface area contributed by atoms with Crippen molar-refractivity contribution in [2.75, 3.05) is 0 Å². The van der Waals surface area contributed by atoms with Crippen LogP contribution in [0.2, 0.25) is 0 Å². The highest BCUT2D eigenvalue weighted by molar-refractivity contribution is 5.84. The molecule has 5 nitrogen and oxygen atoms in total. The highest BCUT2D eigenvalue weighted by Crippen LogP contribution is 2.39. The van der Waals surface area contributed by atoms with E-state index < -0.39 is 12.0 Å². The van der Waals surface area contributed by atoms with Crippen LogP contribution >= 0.6 is 0 Å². The summed E-state index contributed by atoms with van der Waals surface area (Å²) in [5.41, 5.74) is 0. The molecule has 2 fully saturated rings. The van der Waals surface area contributed by atoms with Crippen molar-refractivity contribution in [3.8, 4) is 0 Å². The Labute approximate surface area is 108 Å². The van der Waals surface area contributed by atoms with E-state index in [4.69, 9.17) is 0 Å². The Morgan fingerprint density at radius 2 is 1.94 bits per heavy atom. The molecule has 1 aliphatic carbocycles. The Kier molecular flexibility index (Phi) is 3.78. The topological polar surface area (TPSA) is 69.6 Å². The average molecular weight is 254 g/mol. The molecule has 1 saturated heterocycles. The maximum absolute atomic E-state index is 12.2. The van der Waals surface area contributed by atoms with Gasteiger partial charge in [0.2, 0.25) is 0 Å². The van der Waals surface area contributed by atoms with Crippen LogP contribution in [0.25, 0.3) is 0 Å². The fourth-order valence-electron chi connectivity index (χ4n) is 3.29. The highest BCUT2D eigenvalue weighted by atomic mass is 16.4. The standard InChI is InChI=1S/C13H22N2O3/c1-8(2)14-13(18)15-10-6-4-3-5-9(10)7-11(15)12(16)17/h8-11H,3-7H2,1-2H3,(H,14,18)(H,16,17). The van der Waals surface area contributed by atoms with Gasteiger partial charge in [0.15, 0.2) is 0 Å². The average Bonchev–Trinajstić information content (AvgIpc) is 2.67. The lowest BCUT2D eigenvalue weighted by atomic mass is 9.85. The van der Waals surface area contributed by atoms with E-state index in [1.807, 2.05) is 13.8 Å². The lowest BCUT2D eigenvalue weighted by Crippen LogP contribution is -2.52. The van der Waals surface area contributed by atoms with E-state index in [1.54, 1.807) is 4.90 Å². The number of aliphatic carboxylic acids is 1. The predicted octanol–water partition coefficient (Wildman–Crippen LogP) is 1.82. The number of urea groups is 1. The summed E-state index contributed by atoms with van der Waals surface area (Å²) in [6, 6.07) is -0.697. The molecule has 2 rings (SSSR count). The summed E-state index contributed by atoms with van der Waals surface area (Å²) >= 11 is 0. The number of rotatable bonds is 2. The lowest BCUT2D eigenvalue weighted by molar-refractivity contribution is -0.141. The summed E-state index contributed by atoms with van der Waals surface area (Å²) in [6.45, 7) is 3.78. The Hall–Kier alpha value is -1.26. The Morgan fingerprint density at radius 1 is 1.28 bits per heavy atom. The van der Waals surface area contributed by atoms with E-state index in [0.717, 1.165) is 25.7 Å². The molecule has 0 aromatic heterocycles. The largest absolute Gasteiger partial charge is 0.480 e. The van der Waals surface area contributed by atoms with E-state index in [-0.39, 0.29) is 18.1 Å². The van der Waals surface area contributed by atoms with Crippen molar-refractivity contribution in [1.29, 1.82) is 0 Å². The highest BCUT2D eigenvalue weighted by Gasteiger charge is 2.47. The lowest BCUT2D eigenvalue weighted by Gasteiger charge is -2.33. The first-order valence-electron chi connectivity index (χ1n) is 6.82. The number of hydrogen-bond donors (Lipinski definition) is 2. The van der Waals surface area contributed by atoms with Gasteiger partial charge in [-0.15, -0.1) is 0 Å². The van der Waals surface area contributed by atoms with Crippen LogP contribution in [0.15, 0.2) is 0 Å². The number of nitrogens with zero attached hydrogens (tertiary/aromatic N) is 1. The first-order valence-corrected chi connectivity index (χ1v) is 6.82. The first-order chi connectivity index (χ1) is 8.50. The molecule has 1 aliphatic heterocycles. The van der Waals surface area contributed by atoms with Gasteiger partial charge in [0, 0.05) is 12.1 Å². The van der Waals surface area contributed by atoms with Gasteiger partial charge < -0.3 is 15.3 Å². The van der Waals surface area contributed by atoms with Crippen LogP contribution < -0.4 is 5.32 Å². The van der Waals surface area contributed by atoms with Crippen LogP contribution in [0.5, 0.6) is 0 Å². The molecule has 2 aliphatic rings. The monoisotopic (exact) mass is 254 g/mol. The van der Waals surface area contributed by atoms with E-state index >= 15 is 0 Å². The van der Waals surface area contributed by atoms with Gasteiger partial charge >= 0.3 is 12.0 Å². The Balaban J connectivity index is 2.16. The van der Waals surface area contributed by atoms with Gasteiger partial charge in [-0.05, 0) is 39.0 Å². The molecular formula is C13H22N2O3. The smallest absolute Gasteiger partial charge is 0.326 e. The third-order valence-corrected chi connectivity index (χ3v) is 4.02. The van der Waals surface area contributed by atoms with E-state index in [9.17, 15) is 14.7 Å². The third kappa shape index (κ3) is 2.44. The van der Waals surface area contributed by atoms with Crippen molar-refractivity contribution in [1.82, 2.24) is 10.2 Å². The van der Waals surface area contributed by atoms with Crippen molar-refractivity contribution in [3.63, 3.8) is 0 Å². The number of carbonyl (C=O) groups excluding carboxylic acids is 1. The summed E-state index contributed by atoms with van der Waals surface area (Å²) in [5.74, 6) is -0.499. The van der Waals surface area contributed by atoms with Crippen LogP contribution in [0.4, 0.5) is 4.79 Å². The zero-order valence-corrected chi connectivity index (χ0v) is 11.1. The fraction of sp³-hybridized carbons (Fsp3) is 0.846. The molecule has 0 radical (unpaired) electrons. The molecule has 0 spiro atoms. The SMILES string of the molecule is CC(C)NC(=O)N1C(C(=O)O)CC2CCCCC21. The minimum atomic E-state index is -0.872. The molecule has 18 heavy (non-hydrogen) atoms. The molecule has 1 heterocycles. The van der Waals surface area contributed by atoms with Crippen LogP contribution in [0.3, 0.4) is 0 Å². The predicted molar refractivity (Wildman–Crippen MR) is 67.3 cm³/mol. The molecule has 3 atom stereocenters. The summed E-state index contributed by atoms with van der Waals surface area (Å²) in [5, 5.41) is 12.1. The molecule has 5 heteroatoms. The number of amides is 2. The van der Waals surface area contributed by atoms with Crippen molar-refractivity contribution in [3.05, 3.63) is 0 Å². The number of carboxylic acid groups (broad SMARTS) is 1. The molecule has 0 bridgehead atoms. The zero-order chi connectivity index (χ0) is 13.3. The van der Waals surface area contributed by atoms with Crippen LogP contribution in [0.1, 0.15) is 46.0 Å². The van der Waals surface area contributed by atoms with E-state index in [0.29, 0.717) is 12.3 Å². The second-order valence-corrected chi connectivity index (χ2v) is 5.71. The number of hydrogen-bond acceptors (Lipinski definition) is 2. The van der Waals surface area contributed by atoms with Crippen molar-refractivity contribution in [2.24, 2.45) is 5.92 Å². The normalized spacial score (nSPS) is 31.3. The summed E-state index contributed by atoms with van der Waals surface area (Å²) in [6.07, 6.45) is 4.87.